The lowest BCUT2D eigenvalue weighted by molar-refractivity contribution is 0.0691. The average Bonchev–Trinajstić information content (AvgIpc) is 2.74. The molecule has 5 nitrogen and oxygen atoms in total. The van der Waals surface area contributed by atoms with Gasteiger partial charge in [0.05, 0.1) is 5.52 Å². The lowest BCUT2D eigenvalue weighted by Gasteiger charge is -2.19. The molecule has 17 heavy (non-hydrogen) atoms. The van der Waals surface area contributed by atoms with E-state index in [-0.39, 0.29) is 5.69 Å². The van der Waals surface area contributed by atoms with Crippen LogP contribution < -0.4 is 9.47 Å². The smallest absolute Gasteiger partial charge is 0.352 e. The molecule has 0 aliphatic carbocycles. The van der Waals surface area contributed by atoms with Gasteiger partial charge in [0.2, 0.25) is 0 Å². The first-order valence-electron chi connectivity index (χ1n) is 5.01. The second-order valence-corrected chi connectivity index (χ2v) is 4.05. The van der Waals surface area contributed by atoms with Crippen LogP contribution in [0.15, 0.2) is 12.1 Å². The third-order valence-electron chi connectivity index (χ3n) is 2.60. The molecule has 0 saturated heterocycles. The zero-order chi connectivity index (χ0) is 12.0. The van der Waals surface area contributed by atoms with Crippen molar-refractivity contribution in [3.63, 3.8) is 0 Å². The van der Waals surface area contributed by atoms with Gasteiger partial charge in [0.1, 0.15) is 23.9 Å². The summed E-state index contributed by atoms with van der Waals surface area (Å²) in [4.78, 5) is 13.6. The van der Waals surface area contributed by atoms with Gasteiger partial charge < -0.3 is 19.6 Å². The van der Waals surface area contributed by atoms with Crippen LogP contribution in [0.25, 0.3) is 10.9 Å². The van der Waals surface area contributed by atoms with Crippen LogP contribution in [0.1, 0.15) is 10.5 Å². The monoisotopic (exact) mass is 253 g/mol. The Hall–Kier alpha value is -1.88. The van der Waals surface area contributed by atoms with Crippen molar-refractivity contribution < 1.29 is 19.4 Å². The molecule has 88 valence electrons. The van der Waals surface area contributed by atoms with E-state index < -0.39 is 5.97 Å². The van der Waals surface area contributed by atoms with Crippen molar-refractivity contribution in [2.24, 2.45) is 0 Å². The third-order valence-corrected chi connectivity index (χ3v) is 2.96. The van der Waals surface area contributed by atoms with Crippen LogP contribution in [-0.4, -0.2) is 29.3 Å². The molecular weight excluding hydrogens is 246 g/mol. The summed E-state index contributed by atoms with van der Waals surface area (Å²) in [6.45, 7) is 0.899. The molecule has 1 aliphatic heterocycles. The summed E-state index contributed by atoms with van der Waals surface area (Å²) >= 11 is 6.15. The Morgan fingerprint density at radius 2 is 2.12 bits per heavy atom. The van der Waals surface area contributed by atoms with Crippen molar-refractivity contribution in [1.29, 1.82) is 0 Å². The minimum atomic E-state index is -1.03. The lowest BCUT2D eigenvalue weighted by atomic mass is 10.2. The van der Waals surface area contributed by atoms with Crippen LogP contribution in [0.4, 0.5) is 0 Å². The number of aromatic carboxylic acids is 1. The van der Waals surface area contributed by atoms with Crippen LogP contribution in [0.5, 0.6) is 11.5 Å². The summed E-state index contributed by atoms with van der Waals surface area (Å²) in [5, 5.41) is 9.95. The van der Waals surface area contributed by atoms with Gasteiger partial charge in [-0.2, -0.15) is 0 Å². The number of carboxylic acids is 1. The van der Waals surface area contributed by atoms with Gasteiger partial charge in [0, 0.05) is 5.39 Å². The highest BCUT2D eigenvalue weighted by molar-refractivity contribution is 6.37. The number of hydrogen-bond donors (Lipinski definition) is 2. The van der Waals surface area contributed by atoms with Crippen LogP contribution >= 0.6 is 11.6 Å². The Balaban J connectivity index is 2.28. The fourth-order valence-electron chi connectivity index (χ4n) is 1.85. The highest BCUT2D eigenvalue weighted by atomic mass is 35.5. The summed E-state index contributed by atoms with van der Waals surface area (Å²) in [7, 11) is 0. The Labute approximate surface area is 101 Å². The molecule has 6 heteroatoms. The number of nitrogens with one attached hydrogen (secondary N) is 1. The van der Waals surface area contributed by atoms with Gasteiger partial charge in [-0.3, -0.25) is 0 Å². The number of rotatable bonds is 1. The topological polar surface area (TPSA) is 71.5 Å². The fourth-order valence-corrected chi connectivity index (χ4v) is 2.15. The standard InChI is InChI=1S/C11H8ClNO4/c12-8-9-5(3-6(13-9)11(14)15)4-7-10(8)17-2-1-16-7/h3-4,13H,1-2H2,(H,14,15). The Morgan fingerprint density at radius 3 is 2.88 bits per heavy atom. The molecule has 2 heterocycles. The van der Waals surface area contributed by atoms with E-state index in [1.165, 1.54) is 6.07 Å². The quantitative estimate of drug-likeness (QED) is 0.818. The van der Waals surface area contributed by atoms with Gasteiger partial charge in [-0.25, -0.2) is 4.79 Å². The molecule has 2 aromatic rings. The molecule has 3 rings (SSSR count). The van der Waals surface area contributed by atoms with Crippen molar-refractivity contribution in [1.82, 2.24) is 4.98 Å². The van der Waals surface area contributed by atoms with E-state index in [0.717, 1.165) is 0 Å². The number of benzene rings is 1. The molecule has 0 bridgehead atoms. The average molecular weight is 254 g/mol. The number of carbonyl (C=O) groups is 1. The summed E-state index contributed by atoms with van der Waals surface area (Å²) in [5.74, 6) is -0.0223. The SMILES string of the molecule is O=C(O)c1cc2cc3c(c(Cl)c2[nH]1)OCCO3. The Bertz CT molecular complexity index is 619. The predicted octanol–water partition coefficient (Wildman–Crippen LogP) is 2.29. The van der Waals surface area contributed by atoms with E-state index in [0.29, 0.717) is 40.6 Å². The minimum Gasteiger partial charge on any atom is -0.486 e. The molecule has 0 fully saturated rings. The van der Waals surface area contributed by atoms with E-state index in [1.807, 2.05) is 0 Å². The maximum Gasteiger partial charge on any atom is 0.352 e. The summed E-state index contributed by atoms with van der Waals surface area (Å²) in [6, 6.07) is 3.24. The molecular formula is C11H8ClNO4. The van der Waals surface area contributed by atoms with E-state index in [1.54, 1.807) is 6.07 Å². The number of hydrogen-bond acceptors (Lipinski definition) is 3. The zero-order valence-corrected chi connectivity index (χ0v) is 9.37. The minimum absolute atomic E-state index is 0.0873. The number of H-pyrrole nitrogens is 1. The molecule has 0 amide bonds. The summed E-state index contributed by atoms with van der Waals surface area (Å²) in [5.41, 5.74) is 0.637. The largest absolute Gasteiger partial charge is 0.486 e. The number of fused-ring (bicyclic) bond motifs is 2. The summed E-state index contributed by atoms with van der Waals surface area (Å²) in [6.07, 6.45) is 0. The molecule has 0 unspecified atom stereocenters. The Kier molecular flexibility index (Phi) is 2.16. The number of halogens is 1. The van der Waals surface area contributed by atoms with Gasteiger partial charge in [-0.1, -0.05) is 11.6 Å². The number of aromatic nitrogens is 1. The fraction of sp³-hybridized carbons (Fsp3) is 0.182. The Morgan fingerprint density at radius 1 is 1.35 bits per heavy atom. The zero-order valence-electron chi connectivity index (χ0n) is 8.62. The van der Waals surface area contributed by atoms with E-state index in [2.05, 4.69) is 4.98 Å². The molecule has 0 spiro atoms. The normalized spacial score (nSPS) is 13.9. The van der Waals surface area contributed by atoms with Crippen LogP contribution in [0.2, 0.25) is 5.02 Å². The van der Waals surface area contributed by atoms with Gasteiger partial charge in [0.25, 0.3) is 0 Å². The molecule has 0 saturated carbocycles. The highest BCUT2D eigenvalue weighted by Gasteiger charge is 2.20. The van der Waals surface area contributed by atoms with Crippen molar-refractivity contribution in [3.8, 4) is 11.5 Å². The van der Waals surface area contributed by atoms with Crippen molar-refractivity contribution in [2.75, 3.05) is 13.2 Å². The highest BCUT2D eigenvalue weighted by Crippen LogP contribution is 2.42. The van der Waals surface area contributed by atoms with Gasteiger partial charge in [-0.15, -0.1) is 0 Å². The second kappa shape index (κ2) is 3.56. The first kappa shape index (κ1) is 10.3. The van der Waals surface area contributed by atoms with Gasteiger partial charge in [0.15, 0.2) is 11.5 Å². The summed E-state index contributed by atoms with van der Waals surface area (Å²) < 4.78 is 10.8. The molecule has 0 atom stereocenters. The lowest BCUT2D eigenvalue weighted by Crippen LogP contribution is -2.15. The first-order valence-corrected chi connectivity index (χ1v) is 5.38. The van der Waals surface area contributed by atoms with Crippen molar-refractivity contribution >= 4 is 28.5 Å². The molecule has 2 N–H and O–H groups in total. The maximum atomic E-state index is 10.9. The van der Waals surface area contributed by atoms with E-state index in [4.69, 9.17) is 26.2 Å². The second-order valence-electron chi connectivity index (χ2n) is 3.67. The maximum absolute atomic E-state index is 10.9. The first-order chi connectivity index (χ1) is 8.16. The third kappa shape index (κ3) is 1.51. The number of aromatic amines is 1. The van der Waals surface area contributed by atoms with Gasteiger partial charge in [-0.05, 0) is 12.1 Å². The van der Waals surface area contributed by atoms with Crippen molar-refractivity contribution in [3.05, 3.63) is 22.8 Å². The number of carboxylic acid groups (broad SMARTS) is 1. The molecule has 1 aliphatic rings. The molecule has 0 radical (unpaired) electrons. The predicted molar refractivity (Wildman–Crippen MR) is 61.3 cm³/mol. The van der Waals surface area contributed by atoms with E-state index >= 15 is 0 Å². The van der Waals surface area contributed by atoms with Crippen LogP contribution in [0.3, 0.4) is 0 Å². The molecule has 1 aromatic heterocycles. The van der Waals surface area contributed by atoms with Crippen LogP contribution in [-0.2, 0) is 0 Å². The van der Waals surface area contributed by atoms with Crippen molar-refractivity contribution in [2.45, 2.75) is 0 Å². The molecule has 1 aromatic carbocycles. The van der Waals surface area contributed by atoms with Crippen LogP contribution in [0, 0.1) is 0 Å². The van der Waals surface area contributed by atoms with E-state index in [9.17, 15) is 4.79 Å². The number of ether oxygens (including phenoxy) is 2. The van der Waals surface area contributed by atoms with Gasteiger partial charge >= 0.3 is 5.97 Å².